The molecule has 2 aliphatic heterocycles. The van der Waals surface area contributed by atoms with Crippen LogP contribution < -0.4 is 5.32 Å². The van der Waals surface area contributed by atoms with Gasteiger partial charge in [-0.2, -0.15) is 0 Å². The fourth-order valence-electron chi connectivity index (χ4n) is 7.97. The van der Waals surface area contributed by atoms with E-state index in [-0.39, 0.29) is 5.72 Å². The van der Waals surface area contributed by atoms with E-state index in [1.54, 1.807) is 0 Å². The van der Waals surface area contributed by atoms with E-state index >= 15 is 0 Å². The summed E-state index contributed by atoms with van der Waals surface area (Å²) in [6.07, 6.45) is 57.8. The van der Waals surface area contributed by atoms with Crippen LogP contribution in [0, 0.1) is 0 Å². The first-order valence-electron chi connectivity index (χ1n) is 22.4. The summed E-state index contributed by atoms with van der Waals surface area (Å²) >= 11 is 0. The van der Waals surface area contributed by atoms with Gasteiger partial charge in [-0.1, -0.05) is 146 Å². The van der Waals surface area contributed by atoms with Crippen molar-refractivity contribution in [1.82, 2.24) is 15.2 Å². The SMILES string of the molecule is CCCCC/C=C\C/C=C\CCCCCCCCC1(CCCCCCCC/C=C\C/C=C\CCCCC)N[C@@H]2CN(CCc3cccnc3)C[C@H]2O1. The van der Waals surface area contributed by atoms with Crippen LogP contribution in [0.3, 0.4) is 0 Å². The van der Waals surface area contributed by atoms with Gasteiger partial charge in [-0.25, -0.2) is 0 Å². The summed E-state index contributed by atoms with van der Waals surface area (Å²) in [6, 6.07) is 4.72. The Morgan fingerprint density at radius 2 is 1.15 bits per heavy atom. The van der Waals surface area contributed by atoms with E-state index < -0.39 is 0 Å². The predicted octanol–water partition coefficient (Wildman–Crippen LogP) is 13.4. The van der Waals surface area contributed by atoms with Crippen molar-refractivity contribution < 1.29 is 4.74 Å². The lowest BCUT2D eigenvalue weighted by Crippen LogP contribution is -2.46. The van der Waals surface area contributed by atoms with Crippen LogP contribution in [0.4, 0.5) is 0 Å². The number of pyridine rings is 1. The predicted molar refractivity (Wildman–Crippen MR) is 227 cm³/mol. The molecule has 2 fully saturated rings. The lowest BCUT2D eigenvalue weighted by atomic mass is 9.96. The van der Waals surface area contributed by atoms with E-state index in [1.165, 1.54) is 160 Å². The van der Waals surface area contributed by atoms with Crippen LogP contribution in [-0.2, 0) is 11.2 Å². The number of rotatable bonds is 33. The zero-order valence-corrected chi connectivity index (χ0v) is 34.1. The van der Waals surface area contributed by atoms with Crippen molar-refractivity contribution in [2.45, 2.75) is 205 Å². The second-order valence-corrected chi connectivity index (χ2v) is 15.9. The van der Waals surface area contributed by atoms with Gasteiger partial charge in [0.2, 0.25) is 0 Å². The second-order valence-electron chi connectivity index (χ2n) is 15.9. The van der Waals surface area contributed by atoms with E-state index in [2.05, 4.69) is 89.8 Å². The molecule has 52 heavy (non-hydrogen) atoms. The Balaban J connectivity index is 1.28. The van der Waals surface area contributed by atoms with Gasteiger partial charge in [0, 0.05) is 38.1 Å². The Morgan fingerprint density at radius 3 is 1.63 bits per heavy atom. The van der Waals surface area contributed by atoms with Gasteiger partial charge < -0.3 is 4.74 Å². The molecule has 0 saturated carbocycles. The number of nitrogens with zero attached hydrogens (tertiary/aromatic N) is 2. The normalized spacial score (nSPS) is 19.0. The van der Waals surface area contributed by atoms with Crippen LogP contribution in [0.5, 0.6) is 0 Å². The maximum atomic E-state index is 7.01. The topological polar surface area (TPSA) is 37.4 Å². The van der Waals surface area contributed by atoms with Crippen molar-refractivity contribution in [2.24, 2.45) is 0 Å². The molecule has 0 aliphatic carbocycles. The third kappa shape index (κ3) is 21.0. The van der Waals surface area contributed by atoms with Gasteiger partial charge in [0.1, 0.15) is 5.72 Å². The minimum absolute atomic E-state index is 0.102. The van der Waals surface area contributed by atoms with Crippen molar-refractivity contribution in [3.63, 3.8) is 0 Å². The molecule has 3 heterocycles. The number of nitrogens with one attached hydrogen (secondary N) is 1. The Hall–Kier alpha value is -2.01. The molecule has 2 atom stereocenters. The molecule has 1 aromatic rings. The lowest BCUT2D eigenvalue weighted by molar-refractivity contribution is -0.0678. The molecule has 0 aromatic carbocycles. The van der Waals surface area contributed by atoms with Crippen molar-refractivity contribution in [2.75, 3.05) is 19.6 Å². The summed E-state index contributed by atoms with van der Waals surface area (Å²) in [7, 11) is 0. The number of fused-ring (bicyclic) bond motifs is 1. The number of allylic oxidation sites excluding steroid dienone is 8. The zero-order valence-electron chi connectivity index (χ0n) is 34.1. The minimum Gasteiger partial charge on any atom is -0.354 e. The number of hydrogen-bond acceptors (Lipinski definition) is 4. The third-order valence-electron chi connectivity index (χ3n) is 11.2. The first kappa shape index (κ1) is 44.4. The van der Waals surface area contributed by atoms with Crippen LogP contribution in [0.25, 0.3) is 0 Å². The Morgan fingerprint density at radius 1 is 0.654 bits per heavy atom. The molecule has 0 bridgehead atoms. The largest absolute Gasteiger partial charge is 0.354 e. The molecule has 294 valence electrons. The number of likely N-dealkylation sites (tertiary alicyclic amines) is 1. The molecule has 3 rings (SSSR count). The Bertz CT molecular complexity index is 1010. The van der Waals surface area contributed by atoms with Gasteiger partial charge in [0.15, 0.2) is 0 Å². The highest BCUT2D eigenvalue weighted by Gasteiger charge is 2.48. The van der Waals surface area contributed by atoms with Crippen molar-refractivity contribution in [3.05, 3.63) is 78.7 Å². The number of ether oxygens (including phenoxy) is 1. The molecule has 0 unspecified atom stereocenters. The van der Waals surface area contributed by atoms with Gasteiger partial charge in [-0.15, -0.1) is 0 Å². The molecule has 4 heteroatoms. The number of unbranched alkanes of at least 4 members (excludes halogenated alkanes) is 18. The monoisotopic (exact) mass is 716 g/mol. The summed E-state index contributed by atoms with van der Waals surface area (Å²) in [6.45, 7) is 7.81. The fraction of sp³-hybridized carbons (Fsp3) is 0.729. The van der Waals surface area contributed by atoms with Crippen LogP contribution in [0.1, 0.15) is 186 Å². The molecule has 1 aromatic heterocycles. The summed E-state index contributed by atoms with van der Waals surface area (Å²) in [5.41, 5.74) is 1.23. The Kier molecular flexibility index (Phi) is 25.9. The standard InChI is InChI=1S/C48H81N3O/c1-3-5-7-9-11-13-15-17-19-21-23-25-27-29-31-33-38-48(39-34-32-30-28-26-24-22-20-18-16-14-12-10-8-6-4-2)50-46-43-51(44-47(46)52-48)41-37-45-36-35-40-49-42-45/h11-14,17-20,35-36,40,42,46-47,50H,3-10,15-16,21-34,37-39,41,43-44H2,1-2H3/b13-11-,14-12-,19-17-,20-18-/t46-,47-/m1/s1. The summed E-state index contributed by atoms with van der Waals surface area (Å²) in [5.74, 6) is 0. The van der Waals surface area contributed by atoms with E-state index in [9.17, 15) is 0 Å². The third-order valence-corrected chi connectivity index (χ3v) is 11.2. The first-order valence-corrected chi connectivity index (χ1v) is 22.4. The van der Waals surface area contributed by atoms with E-state index in [1.807, 2.05) is 12.4 Å². The smallest absolute Gasteiger partial charge is 0.120 e. The van der Waals surface area contributed by atoms with Crippen molar-refractivity contribution >= 4 is 0 Å². The van der Waals surface area contributed by atoms with E-state index in [0.717, 1.165) is 38.9 Å². The zero-order chi connectivity index (χ0) is 36.6. The van der Waals surface area contributed by atoms with Gasteiger partial charge in [-0.3, -0.25) is 15.2 Å². The average Bonchev–Trinajstić information content (AvgIpc) is 3.70. The molecule has 0 amide bonds. The summed E-state index contributed by atoms with van der Waals surface area (Å²) in [4.78, 5) is 6.90. The first-order chi connectivity index (χ1) is 25.7. The molecule has 4 nitrogen and oxygen atoms in total. The average molecular weight is 716 g/mol. The molecule has 0 spiro atoms. The lowest BCUT2D eigenvalue weighted by Gasteiger charge is -2.32. The highest BCUT2D eigenvalue weighted by Crippen LogP contribution is 2.35. The fourth-order valence-corrected chi connectivity index (χ4v) is 7.97. The van der Waals surface area contributed by atoms with Gasteiger partial charge in [0.25, 0.3) is 0 Å². The van der Waals surface area contributed by atoms with Crippen molar-refractivity contribution in [1.29, 1.82) is 0 Å². The summed E-state index contributed by atoms with van der Waals surface area (Å²) in [5, 5.41) is 4.10. The molecular formula is C48H81N3O. The van der Waals surface area contributed by atoms with Crippen LogP contribution in [0.2, 0.25) is 0 Å². The Labute approximate surface area is 322 Å². The molecule has 0 radical (unpaired) electrons. The highest BCUT2D eigenvalue weighted by atomic mass is 16.5. The number of aromatic nitrogens is 1. The minimum atomic E-state index is -0.102. The second kappa shape index (κ2) is 30.3. The van der Waals surface area contributed by atoms with Crippen LogP contribution >= 0.6 is 0 Å². The quantitative estimate of drug-likeness (QED) is 0.0581. The number of hydrogen-bond donors (Lipinski definition) is 1. The van der Waals surface area contributed by atoms with Crippen LogP contribution in [-0.4, -0.2) is 47.4 Å². The molecule has 2 aliphatic rings. The van der Waals surface area contributed by atoms with Gasteiger partial charge in [-0.05, 0) is 108 Å². The van der Waals surface area contributed by atoms with Crippen molar-refractivity contribution in [3.8, 4) is 0 Å². The highest BCUT2D eigenvalue weighted by molar-refractivity contribution is 5.09. The summed E-state index contributed by atoms with van der Waals surface area (Å²) < 4.78 is 7.01. The maximum Gasteiger partial charge on any atom is 0.120 e. The molecular weight excluding hydrogens is 635 g/mol. The molecule has 2 saturated heterocycles. The van der Waals surface area contributed by atoms with Gasteiger partial charge >= 0.3 is 0 Å². The molecule has 1 N–H and O–H groups in total. The van der Waals surface area contributed by atoms with E-state index in [0.29, 0.717) is 12.1 Å². The maximum absolute atomic E-state index is 7.01. The van der Waals surface area contributed by atoms with E-state index in [4.69, 9.17) is 4.74 Å². The van der Waals surface area contributed by atoms with Gasteiger partial charge in [0.05, 0.1) is 6.10 Å². The van der Waals surface area contributed by atoms with Crippen LogP contribution in [0.15, 0.2) is 73.1 Å².